The summed E-state index contributed by atoms with van der Waals surface area (Å²) in [6, 6.07) is 27.2. The zero-order chi connectivity index (χ0) is 26.3. The first-order chi connectivity index (χ1) is 17.8. The van der Waals surface area contributed by atoms with Crippen LogP contribution in [0.1, 0.15) is 21.5 Å². The van der Waals surface area contributed by atoms with Crippen molar-refractivity contribution >= 4 is 55.4 Å². The molecule has 188 valence electrons. The number of sulfonamides is 1. The Morgan fingerprint density at radius 3 is 2.41 bits per heavy atom. The highest BCUT2D eigenvalue weighted by Crippen LogP contribution is 2.24. The van der Waals surface area contributed by atoms with Crippen LogP contribution in [-0.2, 0) is 16.6 Å². The average molecular weight is 599 g/mol. The van der Waals surface area contributed by atoms with Gasteiger partial charge in [0.25, 0.3) is 15.9 Å². The Labute approximate surface area is 228 Å². The number of anilines is 1. The van der Waals surface area contributed by atoms with E-state index in [9.17, 15) is 13.2 Å². The summed E-state index contributed by atoms with van der Waals surface area (Å²) in [7, 11) is -3.94. The molecule has 0 aliphatic rings. The predicted octanol–water partition coefficient (Wildman–Crippen LogP) is 6.25. The summed E-state index contributed by atoms with van der Waals surface area (Å²) in [5.41, 5.74) is 4.32. The molecule has 0 atom stereocenters. The minimum atomic E-state index is -3.94. The van der Waals surface area contributed by atoms with Crippen molar-refractivity contribution in [2.45, 2.75) is 11.5 Å². The first-order valence-electron chi connectivity index (χ1n) is 11.0. The quantitative estimate of drug-likeness (QED) is 0.176. The second-order valence-electron chi connectivity index (χ2n) is 7.76. The smallest absolute Gasteiger partial charge is 0.273 e. The third kappa shape index (κ3) is 7.19. The molecule has 0 aromatic heterocycles. The van der Waals surface area contributed by atoms with Crippen LogP contribution in [0.5, 0.6) is 5.75 Å². The predicted molar refractivity (Wildman–Crippen MR) is 149 cm³/mol. The van der Waals surface area contributed by atoms with E-state index in [2.05, 4.69) is 31.2 Å². The molecule has 0 saturated heterocycles. The lowest BCUT2D eigenvalue weighted by atomic mass is 10.2. The Balaban J connectivity index is 1.48. The first-order valence-corrected chi connectivity index (χ1v) is 13.6. The SMILES string of the molecule is O=C(N/N=C/c1cc(Br)ccc1OCc1ccccc1)c1ccccc1NS(=O)(=O)c1ccc(Cl)cc1. The zero-order valence-electron chi connectivity index (χ0n) is 19.3. The van der Waals surface area contributed by atoms with E-state index in [1.54, 1.807) is 18.2 Å². The molecule has 1 amide bonds. The maximum Gasteiger partial charge on any atom is 0.273 e. The van der Waals surface area contributed by atoms with Gasteiger partial charge >= 0.3 is 0 Å². The summed E-state index contributed by atoms with van der Waals surface area (Å²) in [4.78, 5) is 12.9. The first kappa shape index (κ1) is 26.4. The van der Waals surface area contributed by atoms with Gasteiger partial charge in [0, 0.05) is 15.1 Å². The number of amides is 1. The molecular weight excluding hydrogens is 578 g/mol. The van der Waals surface area contributed by atoms with Gasteiger partial charge in [-0.15, -0.1) is 0 Å². The molecule has 4 aromatic carbocycles. The Kier molecular flexibility index (Phi) is 8.60. The van der Waals surface area contributed by atoms with E-state index in [1.165, 1.54) is 42.6 Å². The number of carbonyl (C=O) groups is 1. The molecule has 0 spiro atoms. The zero-order valence-corrected chi connectivity index (χ0v) is 22.4. The minimum Gasteiger partial charge on any atom is -0.488 e. The Morgan fingerprint density at radius 1 is 0.946 bits per heavy atom. The minimum absolute atomic E-state index is 0.0165. The largest absolute Gasteiger partial charge is 0.488 e. The topological polar surface area (TPSA) is 96.9 Å². The maximum absolute atomic E-state index is 12.9. The van der Waals surface area contributed by atoms with Gasteiger partial charge in [-0.2, -0.15) is 5.10 Å². The van der Waals surface area contributed by atoms with Gasteiger partial charge in [0.15, 0.2) is 0 Å². The summed E-state index contributed by atoms with van der Waals surface area (Å²) in [6.45, 7) is 0.372. The molecule has 4 rings (SSSR count). The number of carbonyl (C=O) groups excluding carboxylic acids is 1. The van der Waals surface area contributed by atoms with Crippen LogP contribution in [-0.4, -0.2) is 20.5 Å². The fourth-order valence-electron chi connectivity index (χ4n) is 3.30. The molecule has 4 aromatic rings. The fraction of sp³-hybridized carbons (Fsp3) is 0.0370. The lowest BCUT2D eigenvalue weighted by Crippen LogP contribution is -2.21. The molecule has 0 aliphatic heterocycles. The Bertz CT molecular complexity index is 1530. The number of ether oxygens (including phenoxy) is 1. The Morgan fingerprint density at radius 2 is 1.65 bits per heavy atom. The van der Waals surface area contributed by atoms with Crippen LogP contribution in [0.25, 0.3) is 0 Å². The highest BCUT2D eigenvalue weighted by Gasteiger charge is 2.18. The highest BCUT2D eigenvalue weighted by atomic mass is 79.9. The van der Waals surface area contributed by atoms with Crippen LogP contribution in [0.2, 0.25) is 5.02 Å². The molecule has 0 heterocycles. The van der Waals surface area contributed by atoms with Crippen LogP contribution in [0.4, 0.5) is 5.69 Å². The van der Waals surface area contributed by atoms with Crippen LogP contribution in [0, 0.1) is 0 Å². The molecule has 7 nitrogen and oxygen atoms in total. The number of benzene rings is 4. The lowest BCUT2D eigenvalue weighted by Gasteiger charge is -2.12. The normalized spacial score (nSPS) is 11.3. The molecule has 0 saturated carbocycles. The van der Waals surface area contributed by atoms with Crippen molar-refractivity contribution < 1.29 is 17.9 Å². The lowest BCUT2D eigenvalue weighted by molar-refractivity contribution is 0.0956. The number of halogens is 2. The summed E-state index contributed by atoms with van der Waals surface area (Å²) < 4.78 is 34.8. The van der Waals surface area contributed by atoms with Gasteiger partial charge in [0.2, 0.25) is 0 Å². The molecule has 0 radical (unpaired) electrons. The number of para-hydroxylation sites is 1. The number of hydrazone groups is 1. The third-order valence-corrected chi connectivity index (χ3v) is 7.25. The van der Waals surface area contributed by atoms with Crippen molar-refractivity contribution in [1.82, 2.24) is 5.43 Å². The molecule has 37 heavy (non-hydrogen) atoms. The van der Waals surface area contributed by atoms with E-state index < -0.39 is 15.9 Å². The monoisotopic (exact) mass is 597 g/mol. The van der Waals surface area contributed by atoms with Crippen molar-refractivity contribution in [3.8, 4) is 5.75 Å². The van der Waals surface area contributed by atoms with Crippen molar-refractivity contribution in [2.24, 2.45) is 5.10 Å². The van der Waals surface area contributed by atoms with Crippen molar-refractivity contribution in [1.29, 1.82) is 0 Å². The van der Waals surface area contributed by atoms with Gasteiger partial charge < -0.3 is 4.74 Å². The molecule has 0 aliphatic carbocycles. The molecular formula is C27H21BrClN3O4S. The molecule has 10 heteroatoms. The number of nitrogens with zero attached hydrogens (tertiary/aromatic N) is 1. The van der Waals surface area contributed by atoms with Gasteiger partial charge in [-0.3, -0.25) is 9.52 Å². The van der Waals surface area contributed by atoms with Gasteiger partial charge in [-0.05, 0) is 60.2 Å². The average Bonchev–Trinajstić information content (AvgIpc) is 2.89. The summed E-state index contributed by atoms with van der Waals surface area (Å²) in [5, 5.41) is 4.48. The van der Waals surface area contributed by atoms with Crippen molar-refractivity contribution in [3.63, 3.8) is 0 Å². The van der Waals surface area contributed by atoms with Gasteiger partial charge in [-0.25, -0.2) is 13.8 Å². The fourth-order valence-corrected chi connectivity index (χ4v) is 4.88. The van der Waals surface area contributed by atoms with Gasteiger partial charge in [-0.1, -0.05) is 70.0 Å². The highest BCUT2D eigenvalue weighted by molar-refractivity contribution is 9.10. The van der Waals surface area contributed by atoms with Gasteiger partial charge in [0.05, 0.1) is 22.4 Å². The van der Waals surface area contributed by atoms with Crippen LogP contribution in [0.15, 0.2) is 112 Å². The van der Waals surface area contributed by atoms with E-state index in [0.29, 0.717) is 22.9 Å². The number of nitrogens with one attached hydrogen (secondary N) is 2. The second kappa shape index (κ2) is 12.1. The van der Waals surface area contributed by atoms with Gasteiger partial charge in [0.1, 0.15) is 12.4 Å². The maximum atomic E-state index is 12.9. The van der Waals surface area contributed by atoms with E-state index in [1.807, 2.05) is 42.5 Å². The van der Waals surface area contributed by atoms with Crippen molar-refractivity contribution in [3.05, 3.63) is 123 Å². The van der Waals surface area contributed by atoms with E-state index in [0.717, 1.165) is 10.0 Å². The van der Waals surface area contributed by atoms with Crippen LogP contribution in [0.3, 0.4) is 0 Å². The number of rotatable bonds is 9. The van der Waals surface area contributed by atoms with Crippen molar-refractivity contribution in [2.75, 3.05) is 4.72 Å². The third-order valence-electron chi connectivity index (χ3n) is 5.12. The molecule has 0 unspecified atom stereocenters. The standard InChI is InChI=1S/C27H21BrClN3O4S/c28-21-10-15-26(36-18-19-6-2-1-3-7-19)20(16-21)17-30-31-27(33)24-8-4-5-9-25(24)32-37(34,35)23-13-11-22(29)12-14-23/h1-17,32H,18H2,(H,31,33)/b30-17+. The summed E-state index contributed by atoms with van der Waals surface area (Å²) >= 11 is 9.29. The Hall–Kier alpha value is -3.66. The number of hydrogen-bond acceptors (Lipinski definition) is 5. The summed E-state index contributed by atoms with van der Waals surface area (Å²) in [5.74, 6) is -0.00594. The number of hydrogen-bond donors (Lipinski definition) is 2. The van der Waals surface area contributed by atoms with E-state index in [-0.39, 0.29) is 16.1 Å². The van der Waals surface area contributed by atoms with Crippen LogP contribution >= 0.6 is 27.5 Å². The molecule has 2 N–H and O–H groups in total. The summed E-state index contributed by atoms with van der Waals surface area (Å²) in [6.07, 6.45) is 1.46. The molecule has 0 bridgehead atoms. The van der Waals surface area contributed by atoms with E-state index in [4.69, 9.17) is 16.3 Å². The van der Waals surface area contributed by atoms with E-state index >= 15 is 0 Å². The molecule has 0 fully saturated rings. The van der Waals surface area contributed by atoms with Crippen LogP contribution < -0.4 is 14.9 Å². The second-order valence-corrected chi connectivity index (χ2v) is 10.8.